The molecule has 2 heterocycles. The number of aromatic nitrogens is 2. The normalized spacial score (nSPS) is 12.6. The zero-order valence-corrected chi connectivity index (χ0v) is 17.5. The Morgan fingerprint density at radius 2 is 1.97 bits per heavy atom. The number of halogens is 2. The number of carboxylic acid groups (broad SMARTS) is 1. The van der Waals surface area contributed by atoms with Crippen molar-refractivity contribution in [2.45, 2.75) is 39.3 Å². The number of carbonyl (C=O) groups is 1. The lowest BCUT2D eigenvalue weighted by atomic mass is 9.98. The minimum Gasteiger partial charge on any atom is -0.479 e. The number of methoxy groups -OCH3 is 1. The third-order valence-electron chi connectivity index (χ3n) is 4.36. The van der Waals surface area contributed by atoms with Crippen LogP contribution < -0.4 is 20.7 Å². The van der Waals surface area contributed by atoms with Gasteiger partial charge in [-0.05, 0) is 25.3 Å². The number of rotatable bonds is 9. The highest BCUT2D eigenvalue weighted by Crippen LogP contribution is 2.26. The van der Waals surface area contributed by atoms with Gasteiger partial charge in [-0.3, -0.25) is 0 Å². The minimum absolute atomic E-state index is 0.0140. The molecule has 0 aliphatic rings. The van der Waals surface area contributed by atoms with E-state index in [1.807, 2.05) is 19.9 Å². The first-order valence-electron chi connectivity index (χ1n) is 9.47. The van der Waals surface area contributed by atoms with Gasteiger partial charge >= 0.3 is 6.09 Å². The van der Waals surface area contributed by atoms with E-state index in [0.29, 0.717) is 6.42 Å². The van der Waals surface area contributed by atoms with Crippen LogP contribution in [0.25, 0.3) is 0 Å². The van der Waals surface area contributed by atoms with E-state index in [-0.39, 0.29) is 34.7 Å². The summed E-state index contributed by atoms with van der Waals surface area (Å²) >= 11 is 0. The second-order valence-corrected chi connectivity index (χ2v) is 7.29. The first-order valence-corrected chi connectivity index (χ1v) is 9.47. The molecule has 4 N–H and O–H groups in total. The van der Waals surface area contributed by atoms with Gasteiger partial charge in [-0.25, -0.2) is 23.5 Å². The number of pyridine rings is 2. The number of ether oxygens (including phenoxy) is 1. The molecule has 1 amide bonds. The van der Waals surface area contributed by atoms with Crippen LogP contribution in [0.5, 0.6) is 5.88 Å². The van der Waals surface area contributed by atoms with Crippen LogP contribution in [0.3, 0.4) is 0 Å². The molecule has 0 aliphatic heterocycles. The van der Waals surface area contributed by atoms with E-state index in [0.717, 1.165) is 12.1 Å². The molecule has 166 valence electrons. The van der Waals surface area contributed by atoms with Crippen molar-refractivity contribution in [2.75, 3.05) is 17.7 Å². The summed E-state index contributed by atoms with van der Waals surface area (Å²) in [4.78, 5) is 19.0. The second-order valence-electron chi connectivity index (χ2n) is 7.29. The second kappa shape index (κ2) is 10.4. The molecule has 31 heavy (non-hydrogen) atoms. The van der Waals surface area contributed by atoms with Crippen LogP contribution in [0, 0.1) is 28.9 Å². The van der Waals surface area contributed by atoms with Crippen LogP contribution in [0.1, 0.15) is 32.8 Å². The number of nitrogens with one attached hydrogen (secondary N) is 3. The van der Waals surface area contributed by atoms with Gasteiger partial charge in [-0.2, -0.15) is 5.26 Å². The Morgan fingerprint density at radius 1 is 1.26 bits per heavy atom. The van der Waals surface area contributed by atoms with Crippen molar-refractivity contribution in [1.29, 1.82) is 5.26 Å². The van der Waals surface area contributed by atoms with Crippen molar-refractivity contribution in [3.63, 3.8) is 0 Å². The molecule has 0 unspecified atom stereocenters. The molecule has 0 aliphatic carbocycles. The molecular weight excluding hydrogens is 410 g/mol. The van der Waals surface area contributed by atoms with Gasteiger partial charge in [-0.15, -0.1) is 0 Å². The highest BCUT2D eigenvalue weighted by atomic mass is 19.1. The zero-order valence-electron chi connectivity index (χ0n) is 17.5. The van der Waals surface area contributed by atoms with E-state index in [2.05, 4.69) is 25.9 Å². The predicted molar refractivity (Wildman–Crippen MR) is 110 cm³/mol. The molecular formula is C20H24F2N6O3. The average molecular weight is 434 g/mol. The van der Waals surface area contributed by atoms with Gasteiger partial charge in [0.05, 0.1) is 24.6 Å². The highest BCUT2D eigenvalue weighted by molar-refractivity contribution is 5.66. The van der Waals surface area contributed by atoms with Crippen LogP contribution >= 0.6 is 0 Å². The van der Waals surface area contributed by atoms with E-state index >= 15 is 0 Å². The van der Waals surface area contributed by atoms with Crippen molar-refractivity contribution >= 4 is 23.4 Å². The van der Waals surface area contributed by atoms with Gasteiger partial charge < -0.3 is 25.8 Å². The summed E-state index contributed by atoms with van der Waals surface area (Å²) in [7, 11) is 1.28. The monoisotopic (exact) mass is 434 g/mol. The molecule has 0 fully saturated rings. The lowest BCUT2D eigenvalue weighted by Gasteiger charge is -2.27. The van der Waals surface area contributed by atoms with Crippen LogP contribution in [0.2, 0.25) is 0 Å². The average Bonchev–Trinajstić information content (AvgIpc) is 2.68. The van der Waals surface area contributed by atoms with Crippen molar-refractivity contribution in [3.8, 4) is 11.9 Å². The fraction of sp³-hybridized carbons (Fsp3) is 0.400. The highest BCUT2D eigenvalue weighted by Gasteiger charge is 2.23. The Hall–Kier alpha value is -3.68. The topological polar surface area (TPSA) is 132 Å². The molecule has 0 saturated heterocycles. The van der Waals surface area contributed by atoms with Crippen LogP contribution in [-0.2, 0) is 0 Å². The third-order valence-corrected chi connectivity index (χ3v) is 4.36. The first kappa shape index (κ1) is 23.6. The lowest BCUT2D eigenvalue weighted by molar-refractivity contribution is 0.188. The summed E-state index contributed by atoms with van der Waals surface area (Å²) in [5.41, 5.74) is 0.0795. The molecule has 0 aromatic carbocycles. The largest absolute Gasteiger partial charge is 0.479 e. The quantitative estimate of drug-likeness (QED) is 0.468. The molecule has 2 aromatic heterocycles. The van der Waals surface area contributed by atoms with E-state index in [4.69, 9.17) is 9.84 Å². The van der Waals surface area contributed by atoms with Crippen LogP contribution in [0.15, 0.2) is 18.3 Å². The number of nitriles is 1. The number of anilines is 3. The van der Waals surface area contributed by atoms with E-state index in [1.165, 1.54) is 13.3 Å². The summed E-state index contributed by atoms with van der Waals surface area (Å²) in [6, 6.07) is 2.91. The molecule has 2 atom stereocenters. The molecule has 9 nitrogen and oxygen atoms in total. The summed E-state index contributed by atoms with van der Waals surface area (Å²) < 4.78 is 33.3. The molecule has 0 radical (unpaired) electrons. The van der Waals surface area contributed by atoms with E-state index < -0.39 is 29.8 Å². The van der Waals surface area contributed by atoms with Gasteiger partial charge in [0, 0.05) is 18.2 Å². The van der Waals surface area contributed by atoms with Gasteiger partial charge in [0.1, 0.15) is 6.07 Å². The number of hydrogen-bond acceptors (Lipinski definition) is 7. The summed E-state index contributed by atoms with van der Waals surface area (Å²) in [6.07, 6.45) is 0.605. The fourth-order valence-electron chi connectivity index (χ4n) is 2.92. The molecule has 0 bridgehead atoms. The van der Waals surface area contributed by atoms with Crippen molar-refractivity contribution < 1.29 is 23.4 Å². The number of hydrogen-bond donors (Lipinski definition) is 4. The maximum absolute atomic E-state index is 14.6. The molecule has 2 aromatic rings. The third kappa shape index (κ3) is 6.40. The standard InChI is InChI=1S/C20H24F2N6O3/c1-10(2)5-16(11(3)25-20(29)30)27-18-14(21)6-12(8-23)17(28-18)26-13-7-15(22)19(31-4)24-9-13/h6-7,9-11,16,25H,5H2,1-4H3,(H,29,30)(H2,26,27,28)/t11-,16-/m0/s1. The van der Waals surface area contributed by atoms with Gasteiger partial charge in [-0.1, -0.05) is 13.8 Å². The van der Waals surface area contributed by atoms with Gasteiger partial charge in [0.2, 0.25) is 5.88 Å². The summed E-state index contributed by atoms with van der Waals surface area (Å²) in [5.74, 6) is -1.71. The Labute approximate surface area is 178 Å². The molecule has 0 saturated carbocycles. The first-order chi connectivity index (χ1) is 14.6. The van der Waals surface area contributed by atoms with Crippen LogP contribution in [-0.4, -0.2) is 40.4 Å². The maximum Gasteiger partial charge on any atom is 0.404 e. The Kier molecular flexibility index (Phi) is 7.90. The maximum atomic E-state index is 14.6. The summed E-state index contributed by atoms with van der Waals surface area (Å²) in [5, 5.41) is 26.4. The Morgan fingerprint density at radius 3 is 2.52 bits per heavy atom. The van der Waals surface area contributed by atoms with Crippen molar-refractivity contribution in [1.82, 2.24) is 15.3 Å². The fourth-order valence-corrected chi connectivity index (χ4v) is 2.92. The Balaban J connectivity index is 2.36. The molecule has 0 spiro atoms. The predicted octanol–water partition coefficient (Wildman–Crippen LogP) is 3.86. The van der Waals surface area contributed by atoms with Crippen molar-refractivity contribution in [3.05, 3.63) is 35.5 Å². The zero-order chi connectivity index (χ0) is 23.1. The number of amides is 1. The van der Waals surface area contributed by atoms with Crippen molar-refractivity contribution in [2.24, 2.45) is 5.92 Å². The lowest BCUT2D eigenvalue weighted by Crippen LogP contribution is -2.45. The van der Waals surface area contributed by atoms with Crippen LogP contribution in [0.4, 0.5) is 30.9 Å². The number of nitrogens with zero attached hydrogens (tertiary/aromatic N) is 3. The molecule has 11 heteroatoms. The Bertz CT molecular complexity index is 980. The SMILES string of the molecule is COc1ncc(Nc2nc(N[C@@H](CC(C)C)[C@H](C)NC(=O)O)c(F)cc2C#N)cc1F. The molecule has 2 rings (SSSR count). The van der Waals surface area contributed by atoms with Gasteiger partial charge in [0.25, 0.3) is 0 Å². The smallest absolute Gasteiger partial charge is 0.404 e. The van der Waals surface area contributed by atoms with E-state index in [1.54, 1.807) is 6.92 Å². The van der Waals surface area contributed by atoms with E-state index in [9.17, 15) is 18.8 Å². The minimum atomic E-state index is -1.20. The summed E-state index contributed by atoms with van der Waals surface area (Å²) in [6.45, 7) is 5.55. The van der Waals surface area contributed by atoms with Gasteiger partial charge in [0.15, 0.2) is 23.3 Å².